The molecule has 7 heteroatoms. The molecule has 0 N–H and O–H groups in total. The number of ether oxygens (including phenoxy) is 1. The molecule has 0 bridgehead atoms. The van der Waals surface area contributed by atoms with Gasteiger partial charge in [-0.15, -0.1) is 0 Å². The van der Waals surface area contributed by atoms with Crippen LogP contribution in [0.3, 0.4) is 0 Å². The fourth-order valence-corrected chi connectivity index (χ4v) is 3.62. The molecule has 0 saturated carbocycles. The zero-order valence-corrected chi connectivity index (χ0v) is 17.3. The van der Waals surface area contributed by atoms with Crippen LogP contribution in [0.5, 0.6) is 5.75 Å². The van der Waals surface area contributed by atoms with Crippen molar-refractivity contribution in [3.05, 3.63) is 87.6 Å². The van der Waals surface area contributed by atoms with Gasteiger partial charge in [0, 0.05) is 43.8 Å². The fourth-order valence-electron chi connectivity index (χ4n) is 3.51. The maximum absolute atomic E-state index is 13.3. The van der Waals surface area contributed by atoms with Crippen LogP contribution in [0, 0.1) is 0 Å². The number of benzene rings is 1. The smallest absolute Gasteiger partial charge is 0.258 e. The zero-order chi connectivity index (χ0) is 20.9. The zero-order valence-electron chi connectivity index (χ0n) is 16.5. The van der Waals surface area contributed by atoms with Crippen LogP contribution in [0.1, 0.15) is 17.7 Å². The van der Waals surface area contributed by atoms with Crippen LogP contribution >= 0.6 is 11.6 Å². The highest BCUT2D eigenvalue weighted by atomic mass is 35.5. The van der Waals surface area contributed by atoms with E-state index in [1.165, 1.54) is 11.6 Å². The van der Waals surface area contributed by atoms with Gasteiger partial charge in [-0.2, -0.15) is 0 Å². The van der Waals surface area contributed by atoms with E-state index in [0.717, 1.165) is 30.9 Å². The topological polar surface area (TPSA) is 47.4 Å². The van der Waals surface area contributed by atoms with Gasteiger partial charge >= 0.3 is 0 Å². The number of alkyl halides is 1. The molecule has 1 atom stereocenters. The molecule has 0 aliphatic carbocycles. The third-order valence-corrected chi connectivity index (χ3v) is 5.44. The van der Waals surface area contributed by atoms with Gasteiger partial charge in [0.25, 0.3) is 5.56 Å². The van der Waals surface area contributed by atoms with Gasteiger partial charge in [-0.1, -0.05) is 23.7 Å². The molecular formula is C23H23ClFN3O2. The predicted octanol–water partition coefficient (Wildman–Crippen LogP) is 4.05. The van der Waals surface area contributed by atoms with Gasteiger partial charge < -0.3 is 9.64 Å². The third-order valence-electron chi connectivity index (χ3n) is 5.21. The monoisotopic (exact) mass is 427 g/mol. The second-order valence-corrected chi connectivity index (χ2v) is 7.87. The van der Waals surface area contributed by atoms with Crippen molar-refractivity contribution < 1.29 is 9.13 Å². The van der Waals surface area contributed by atoms with Crippen molar-refractivity contribution >= 4 is 11.6 Å². The van der Waals surface area contributed by atoms with Gasteiger partial charge in [0.1, 0.15) is 18.5 Å². The summed E-state index contributed by atoms with van der Waals surface area (Å²) in [6.45, 7) is 2.48. The van der Waals surface area contributed by atoms with Gasteiger partial charge in [0.2, 0.25) is 0 Å². The van der Waals surface area contributed by atoms with E-state index in [0.29, 0.717) is 23.7 Å². The molecule has 1 aromatic carbocycles. The molecule has 0 amide bonds. The molecule has 0 radical (unpaired) electrons. The van der Waals surface area contributed by atoms with Crippen LogP contribution < -0.4 is 10.3 Å². The maximum atomic E-state index is 13.3. The van der Waals surface area contributed by atoms with Crippen LogP contribution in [-0.2, 0) is 13.0 Å². The summed E-state index contributed by atoms with van der Waals surface area (Å²) in [5.74, 6) is 0.487. The Morgan fingerprint density at radius 3 is 2.67 bits per heavy atom. The Balaban J connectivity index is 1.36. The highest BCUT2D eigenvalue weighted by molar-refractivity contribution is 6.30. The molecule has 1 fully saturated rings. The summed E-state index contributed by atoms with van der Waals surface area (Å²) in [5.41, 5.74) is 2.52. The fraction of sp³-hybridized carbons (Fsp3) is 0.304. The second-order valence-electron chi connectivity index (χ2n) is 7.43. The van der Waals surface area contributed by atoms with Crippen molar-refractivity contribution in [3.63, 3.8) is 0 Å². The van der Waals surface area contributed by atoms with Gasteiger partial charge in [0.05, 0.1) is 10.7 Å². The summed E-state index contributed by atoms with van der Waals surface area (Å²) >= 11 is 5.82. The lowest BCUT2D eigenvalue weighted by atomic mass is 10.1. The molecule has 1 saturated heterocycles. The minimum Gasteiger partial charge on any atom is -0.487 e. The predicted molar refractivity (Wildman–Crippen MR) is 115 cm³/mol. The van der Waals surface area contributed by atoms with E-state index in [1.807, 2.05) is 24.3 Å². The Morgan fingerprint density at radius 1 is 1.17 bits per heavy atom. The Bertz CT molecular complexity index is 1040. The first kappa shape index (κ1) is 20.6. The van der Waals surface area contributed by atoms with E-state index in [4.69, 9.17) is 16.3 Å². The Hall–Kier alpha value is -2.70. The number of nitrogens with zero attached hydrogens (tertiary/aromatic N) is 3. The lowest BCUT2D eigenvalue weighted by Crippen LogP contribution is -2.23. The molecule has 156 valence electrons. The van der Waals surface area contributed by atoms with Crippen LogP contribution in [0.2, 0.25) is 5.02 Å². The minimum atomic E-state index is -0.686. The molecule has 3 heterocycles. The summed E-state index contributed by atoms with van der Waals surface area (Å²) in [6.07, 6.45) is 4.08. The quantitative estimate of drug-likeness (QED) is 0.570. The Morgan fingerprint density at radius 2 is 2.00 bits per heavy atom. The van der Waals surface area contributed by atoms with Crippen molar-refractivity contribution in [1.82, 2.24) is 14.5 Å². The largest absolute Gasteiger partial charge is 0.487 e. The SMILES string of the molecule is O=c1cc(OCc2ccc(Cl)cn2)ccn1-c1ccc(CCN2CC[C@@H](F)C2)cc1. The van der Waals surface area contributed by atoms with Crippen molar-refractivity contribution in [2.24, 2.45) is 0 Å². The van der Waals surface area contributed by atoms with E-state index in [-0.39, 0.29) is 12.2 Å². The molecule has 3 aromatic rings. The normalized spacial score (nSPS) is 16.7. The van der Waals surface area contributed by atoms with Gasteiger partial charge in [-0.25, -0.2) is 4.39 Å². The average Bonchev–Trinajstić information content (AvgIpc) is 3.18. The van der Waals surface area contributed by atoms with Gasteiger partial charge in [0.15, 0.2) is 0 Å². The molecule has 0 unspecified atom stereocenters. The highest BCUT2D eigenvalue weighted by Crippen LogP contribution is 2.15. The molecule has 2 aromatic heterocycles. The molecule has 1 aliphatic heterocycles. The maximum Gasteiger partial charge on any atom is 0.258 e. The van der Waals surface area contributed by atoms with E-state index in [1.54, 1.807) is 35.2 Å². The first-order chi connectivity index (χ1) is 14.6. The Labute approximate surface area is 179 Å². The van der Waals surface area contributed by atoms with Crippen molar-refractivity contribution in [3.8, 4) is 11.4 Å². The van der Waals surface area contributed by atoms with Crippen LogP contribution in [-0.4, -0.2) is 40.3 Å². The molecule has 30 heavy (non-hydrogen) atoms. The van der Waals surface area contributed by atoms with E-state index in [9.17, 15) is 9.18 Å². The van der Waals surface area contributed by atoms with E-state index >= 15 is 0 Å². The van der Waals surface area contributed by atoms with E-state index in [2.05, 4.69) is 9.88 Å². The van der Waals surface area contributed by atoms with Crippen LogP contribution in [0.15, 0.2) is 65.7 Å². The number of hydrogen-bond donors (Lipinski definition) is 0. The molecule has 0 spiro atoms. The number of aromatic nitrogens is 2. The van der Waals surface area contributed by atoms with Crippen LogP contribution in [0.25, 0.3) is 5.69 Å². The van der Waals surface area contributed by atoms with Gasteiger partial charge in [-0.3, -0.25) is 14.3 Å². The minimum absolute atomic E-state index is 0.171. The summed E-state index contributed by atoms with van der Waals surface area (Å²) < 4.78 is 20.5. The van der Waals surface area contributed by atoms with Crippen molar-refractivity contribution in [1.29, 1.82) is 0 Å². The molecule has 1 aliphatic rings. The van der Waals surface area contributed by atoms with Gasteiger partial charge in [-0.05, 0) is 48.7 Å². The second kappa shape index (κ2) is 9.41. The third kappa shape index (κ3) is 5.26. The molecular weight excluding hydrogens is 405 g/mol. The summed E-state index contributed by atoms with van der Waals surface area (Å²) in [7, 11) is 0. The molecule has 4 rings (SSSR count). The van der Waals surface area contributed by atoms with Crippen LogP contribution in [0.4, 0.5) is 4.39 Å². The standard InChI is InChI=1S/C23H23ClFN3O2/c24-18-3-4-20(26-14-18)16-30-22-9-12-28(23(29)13-22)21-5-1-17(2-6-21)7-10-27-11-8-19(25)15-27/h1-6,9,12-14,19H,7-8,10-11,15-16H2/t19-/m1/s1. The number of pyridine rings is 2. The summed E-state index contributed by atoms with van der Waals surface area (Å²) in [6, 6.07) is 14.6. The number of halogens is 2. The average molecular weight is 428 g/mol. The highest BCUT2D eigenvalue weighted by Gasteiger charge is 2.20. The van der Waals surface area contributed by atoms with Crippen molar-refractivity contribution in [2.75, 3.05) is 19.6 Å². The van der Waals surface area contributed by atoms with Crippen molar-refractivity contribution in [2.45, 2.75) is 25.6 Å². The lowest BCUT2D eigenvalue weighted by molar-refractivity contribution is 0.290. The first-order valence-corrected chi connectivity index (χ1v) is 10.4. The van der Waals surface area contributed by atoms with E-state index < -0.39 is 6.17 Å². The number of rotatable bonds is 7. The summed E-state index contributed by atoms with van der Waals surface area (Å²) in [4.78, 5) is 18.8. The first-order valence-electron chi connectivity index (χ1n) is 9.98. The molecule has 5 nitrogen and oxygen atoms in total. The number of hydrogen-bond acceptors (Lipinski definition) is 4. The Kier molecular flexibility index (Phi) is 6.45. The summed E-state index contributed by atoms with van der Waals surface area (Å²) in [5, 5.41) is 0.566. The number of likely N-dealkylation sites (tertiary alicyclic amines) is 1. The lowest BCUT2D eigenvalue weighted by Gasteiger charge is -2.14.